The lowest BCUT2D eigenvalue weighted by Crippen LogP contribution is -2.50. The Labute approximate surface area is 109 Å². The molecule has 0 fully saturated rings. The summed E-state index contributed by atoms with van der Waals surface area (Å²) in [6.07, 6.45) is 1.28. The highest BCUT2D eigenvalue weighted by Crippen LogP contribution is 2.25. The van der Waals surface area contributed by atoms with Crippen LogP contribution < -0.4 is 5.73 Å². The number of aliphatic hydroxyl groups is 1. The molecule has 1 aromatic carbocycles. The minimum Gasteiger partial charge on any atom is -0.437 e. The highest BCUT2D eigenvalue weighted by Gasteiger charge is 2.31. The fourth-order valence-electron chi connectivity index (χ4n) is 2.69. The second-order valence-electron chi connectivity index (χ2n) is 5.05. The Morgan fingerprint density at radius 3 is 2.39 bits per heavy atom. The Morgan fingerprint density at radius 2 is 1.94 bits per heavy atom. The number of fused-ring (bicyclic) bond motifs is 1. The summed E-state index contributed by atoms with van der Waals surface area (Å²) in [4.78, 5) is 1.94. The van der Waals surface area contributed by atoms with Gasteiger partial charge in [0.2, 0.25) is 0 Å². The van der Waals surface area contributed by atoms with Crippen molar-refractivity contribution < 1.29 is 10.1 Å². The molecule has 2 rings (SSSR count). The van der Waals surface area contributed by atoms with Gasteiger partial charge in [-0.2, -0.15) is 0 Å². The highest BCUT2D eigenvalue weighted by atomic mass is 16.3. The molecular formula is C13H21BN2O2. The predicted molar refractivity (Wildman–Crippen MR) is 73.2 cm³/mol. The van der Waals surface area contributed by atoms with Gasteiger partial charge in [-0.15, -0.1) is 0 Å². The molecule has 0 aromatic heterocycles. The maximum Gasteiger partial charge on any atom is 0.376 e. The van der Waals surface area contributed by atoms with Crippen LogP contribution in [0.25, 0.3) is 0 Å². The molecule has 1 atom stereocenters. The molecule has 0 amide bonds. The molecule has 1 aliphatic carbocycles. The van der Waals surface area contributed by atoms with E-state index in [0.717, 1.165) is 12.8 Å². The van der Waals surface area contributed by atoms with Crippen molar-refractivity contribution in [1.82, 2.24) is 4.81 Å². The zero-order valence-electron chi connectivity index (χ0n) is 10.8. The molecule has 0 aliphatic heterocycles. The van der Waals surface area contributed by atoms with Gasteiger partial charge < -0.3 is 20.7 Å². The fraction of sp³-hybridized carbons (Fsp3) is 0.538. The van der Waals surface area contributed by atoms with E-state index in [4.69, 9.17) is 5.73 Å². The molecule has 4 N–H and O–H groups in total. The van der Waals surface area contributed by atoms with Gasteiger partial charge in [-0.1, -0.05) is 24.3 Å². The first kappa shape index (κ1) is 13.6. The molecule has 18 heavy (non-hydrogen) atoms. The standard InChI is InChI=1S/C13H21BN2O2/c1-14(18)16(9-13(17)8-15)12-6-10-4-2-3-5-11(10)7-12/h2-5,12-13,17-18H,6-9,15H2,1H3/t13-/m1/s1. The molecule has 0 saturated carbocycles. The van der Waals surface area contributed by atoms with E-state index in [2.05, 4.69) is 12.1 Å². The largest absolute Gasteiger partial charge is 0.437 e. The van der Waals surface area contributed by atoms with Crippen LogP contribution in [0.1, 0.15) is 11.1 Å². The van der Waals surface area contributed by atoms with Crippen LogP contribution in [0, 0.1) is 0 Å². The van der Waals surface area contributed by atoms with Gasteiger partial charge in [0.15, 0.2) is 0 Å². The monoisotopic (exact) mass is 248 g/mol. The minimum atomic E-state index is -0.580. The summed E-state index contributed by atoms with van der Waals surface area (Å²) >= 11 is 0. The summed E-state index contributed by atoms with van der Waals surface area (Å²) in [7, 11) is -0.564. The summed E-state index contributed by atoms with van der Waals surface area (Å²) < 4.78 is 0. The molecule has 0 radical (unpaired) electrons. The van der Waals surface area contributed by atoms with Crippen molar-refractivity contribution in [3.05, 3.63) is 35.4 Å². The van der Waals surface area contributed by atoms with Crippen LogP contribution >= 0.6 is 0 Å². The van der Waals surface area contributed by atoms with E-state index in [9.17, 15) is 10.1 Å². The van der Waals surface area contributed by atoms with Gasteiger partial charge >= 0.3 is 7.05 Å². The van der Waals surface area contributed by atoms with Crippen LogP contribution in [0.5, 0.6) is 0 Å². The molecule has 1 aromatic rings. The topological polar surface area (TPSA) is 69.7 Å². The third-order valence-electron chi connectivity index (χ3n) is 3.67. The van der Waals surface area contributed by atoms with E-state index in [1.165, 1.54) is 11.1 Å². The SMILES string of the molecule is CB(O)N(C[C@H](O)CN)C1Cc2ccccc2C1. The van der Waals surface area contributed by atoms with Crippen molar-refractivity contribution in [2.75, 3.05) is 13.1 Å². The van der Waals surface area contributed by atoms with E-state index in [1.807, 2.05) is 16.9 Å². The summed E-state index contributed by atoms with van der Waals surface area (Å²) in [5.41, 5.74) is 8.13. The van der Waals surface area contributed by atoms with Gasteiger partial charge in [0.1, 0.15) is 0 Å². The molecule has 0 bridgehead atoms. The van der Waals surface area contributed by atoms with Crippen LogP contribution in [0.15, 0.2) is 24.3 Å². The second-order valence-corrected chi connectivity index (χ2v) is 5.05. The molecule has 0 heterocycles. The number of rotatable bonds is 5. The Balaban J connectivity index is 2.06. The Bertz CT molecular complexity index is 375. The molecule has 5 heteroatoms. The third-order valence-corrected chi connectivity index (χ3v) is 3.67. The smallest absolute Gasteiger partial charge is 0.376 e. The van der Waals surface area contributed by atoms with Gasteiger partial charge in [-0.05, 0) is 30.8 Å². The van der Waals surface area contributed by atoms with E-state index in [1.54, 1.807) is 6.82 Å². The maximum atomic E-state index is 9.87. The number of nitrogens with two attached hydrogens (primary N) is 1. The number of benzene rings is 1. The van der Waals surface area contributed by atoms with Crippen LogP contribution in [0.3, 0.4) is 0 Å². The van der Waals surface area contributed by atoms with E-state index in [0.29, 0.717) is 6.54 Å². The molecule has 0 spiro atoms. The summed E-state index contributed by atoms with van der Waals surface area (Å²) in [5.74, 6) is 0. The summed E-state index contributed by atoms with van der Waals surface area (Å²) in [6.45, 7) is 2.39. The second kappa shape index (κ2) is 5.84. The van der Waals surface area contributed by atoms with Crippen molar-refractivity contribution in [3.8, 4) is 0 Å². The number of nitrogens with zero attached hydrogens (tertiary/aromatic N) is 1. The van der Waals surface area contributed by atoms with Gasteiger partial charge in [-0.3, -0.25) is 0 Å². The summed E-state index contributed by atoms with van der Waals surface area (Å²) in [5, 5.41) is 19.5. The van der Waals surface area contributed by atoms with E-state index in [-0.39, 0.29) is 12.6 Å². The van der Waals surface area contributed by atoms with Crippen molar-refractivity contribution in [2.45, 2.75) is 31.8 Å². The normalized spacial score (nSPS) is 16.9. The first-order valence-electron chi connectivity index (χ1n) is 6.50. The van der Waals surface area contributed by atoms with Crippen LogP contribution in [-0.2, 0) is 12.8 Å². The quantitative estimate of drug-likeness (QED) is 0.636. The van der Waals surface area contributed by atoms with Gasteiger partial charge in [-0.25, -0.2) is 0 Å². The van der Waals surface area contributed by atoms with Gasteiger partial charge in [0, 0.05) is 19.1 Å². The Morgan fingerprint density at radius 1 is 1.39 bits per heavy atom. The van der Waals surface area contributed by atoms with Gasteiger partial charge in [0.05, 0.1) is 6.10 Å². The average Bonchev–Trinajstić information content (AvgIpc) is 2.78. The lowest BCUT2D eigenvalue weighted by Gasteiger charge is -2.31. The molecular weight excluding hydrogens is 227 g/mol. The zero-order valence-corrected chi connectivity index (χ0v) is 10.8. The highest BCUT2D eigenvalue weighted by molar-refractivity contribution is 6.45. The Hall–Kier alpha value is -0.875. The third kappa shape index (κ3) is 2.92. The molecule has 0 unspecified atom stereocenters. The maximum absolute atomic E-state index is 9.87. The van der Waals surface area contributed by atoms with Gasteiger partial charge in [0.25, 0.3) is 0 Å². The molecule has 1 aliphatic rings. The van der Waals surface area contributed by atoms with E-state index >= 15 is 0 Å². The van der Waals surface area contributed by atoms with Crippen molar-refractivity contribution in [1.29, 1.82) is 0 Å². The molecule has 0 saturated heterocycles. The molecule has 4 nitrogen and oxygen atoms in total. The zero-order chi connectivity index (χ0) is 13.1. The average molecular weight is 248 g/mol. The predicted octanol–water partition coefficient (Wildman–Crippen LogP) is -0.114. The lowest BCUT2D eigenvalue weighted by molar-refractivity contribution is 0.130. The summed E-state index contributed by atoms with van der Waals surface area (Å²) in [6, 6.07) is 8.61. The van der Waals surface area contributed by atoms with Crippen molar-refractivity contribution in [3.63, 3.8) is 0 Å². The minimum absolute atomic E-state index is 0.225. The fourth-order valence-corrected chi connectivity index (χ4v) is 2.69. The molecule has 98 valence electrons. The van der Waals surface area contributed by atoms with Crippen LogP contribution in [0.4, 0.5) is 0 Å². The van der Waals surface area contributed by atoms with Crippen LogP contribution in [-0.4, -0.2) is 47.2 Å². The first-order chi connectivity index (χ1) is 8.61. The Kier molecular flexibility index (Phi) is 4.40. The van der Waals surface area contributed by atoms with Crippen LogP contribution in [0.2, 0.25) is 6.82 Å². The number of hydrogen-bond acceptors (Lipinski definition) is 4. The number of hydrogen-bond donors (Lipinski definition) is 3. The lowest BCUT2D eigenvalue weighted by atomic mass is 9.82. The van der Waals surface area contributed by atoms with Crippen molar-refractivity contribution >= 4 is 7.05 Å². The van der Waals surface area contributed by atoms with Crippen molar-refractivity contribution in [2.24, 2.45) is 5.73 Å². The number of aliphatic hydroxyl groups excluding tert-OH is 1. The first-order valence-corrected chi connectivity index (χ1v) is 6.50. The van der Waals surface area contributed by atoms with E-state index < -0.39 is 13.2 Å².